The fourth-order valence-corrected chi connectivity index (χ4v) is 2.72. The Bertz CT molecular complexity index is 348. The SMILES string of the molecule is CCN1C(=O)CNC1c1ccc(C)s1. The molecule has 1 aliphatic heterocycles. The van der Waals surface area contributed by atoms with Gasteiger partial charge in [0.05, 0.1) is 6.54 Å². The van der Waals surface area contributed by atoms with Gasteiger partial charge in [0.1, 0.15) is 6.17 Å². The van der Waals surface area contributed by atoms with Crippen LogP contribution in [0, 0.1) is 6.92 Å². The molecule has 1 unspecified atom stereocenters. The second-order valence-electron chi connectivity index (χ2n) is 3.41. The molecular formula is C10H14N2OS. The van der Waals surface area contributed by atoms with Gasteiger partial charge in [-0.1, -0.05) is 0 Å². The Kier molecular flexibility index (Phi) is 2.56. The van der Waals surface area contributed by atoms with Gasteiger partial charge in [-0.25, -0.2) is 0 Å². The molecule has 1 fully saturated rings. The number of likely N-dealkylation sites (N-methyl/N-ethyl adjacent to an activating group) is 1. The van der Waals surface area contributed by atoms with Crippen LogP contribution in [0.4, 0.5) is 0 Å². The Balaban J connectivity index is 2.22. The molecule has 1 saturated heterocycles. The molecule has 3 nitrogen and oxygen atoms in total. The van der Waals surface area contributed by atoms with Crippen molar-refractivity contribution in [2.75, 3.05) is 13.1 Å². The van der Waals surface area contributed by atoms with Crippen LogP contribution < -0.4 is 5.32 Å². The molecule has 1 amide bonds. The Morgan fingerprint density at radius 3 is 3.00 bits per heavy atom. The number of nitrogens with zero attached hydrogens (tertiary/aromatic N) is 1. The topological polar surface area (TPSA) is 32.3 Å². The van der Waals surface area contributed by atoms with E-state index in [9.17, 15) is 4.79 Å². The second kappa shape index (κ2) is 3.71. The molecule has 14 heavy (non-hydrogen) atoms. The zero-order valence-corrected chi connectivity index (χ0v) is 9.23. The number of nitrogens with one attached hydrogen (secondary N) is 1. The number of carbonyl (C=O) groups is 1. The van der Waals surface area contributed by atoms with Crippen LogP contribution in [0.1, 0.15) is 22.8 Å². The molecule has 1 N–H and O–H groups in total. The van der Waals surface area contributed by atoms with Gasteiger partial charge in [0, 0.05) is 16.3 Å². The number of amides is 1. The fourth-order valence-electron chi connectivity index (χ4n) is 1.75. The highest BCUT2D eigenvalue weighted by Crippen LogP contribution is 2.27. The van der Waals surface area contributed by atoms with Crippen LogP contribution in [0.25, 0.3) is 0 Å². The maximum atomic E-state index is 11.5. The Labute approximate surface area is 87.7 Å². The van der Waals surface area contributed by atoms with Crippen molar-refractivity contribution in [2.24, 2.45) is 0 Å². The van der Waals surface area contributed by atoms with Crippen LogP contribution in [0.2, 0.25) is 0 Å². The van der Waals surface area contributed by atoms with Crippen molar-refractivity contribution >= 4 is 17.2 Å². The van der Waals surface area contributed by atoms with Gasteiger partial charge in [0.15, 0.2) is 0 Å². The summed E-state index contributed by atoms with van der Waals surface area (Å²) in [6.07, 6.45) is 0.103. The van der Waals surface area contributed by atoms with Crippen LogP contribution in [-0.4, -0.2) is 23.9 Å². The van der Waals surface area contributed by atoms with Crippen LogP contribution in [0.5, 0.6) is 0 Å². The molecule has 0 aliphatic carbocycles. The number of hydrogen-bond acceptors (Lipinski definition) is 3. The van der Waals surface area contributed by atoms with Gasteiger partial charge in [-0.15, -0.1) is 11.3 Å². The zero-order chi connectivity index (χ0) is 10.1. The van der Waals surface area contributed by atoms with E-state index in [0.717, 1.165) is 6.54 Å². The standard InChI is InChI=1S/C10H14N2OS/c1-3-12-9(13)6-11-10(12)8-5-4-7(2)14-8/h4-5,10-11H,3,6H2,1-2H3. The molecule has 2 rings (SSSR count). The summed E-state index contributed by atoms with van der Waals surface area (Å²) in [5.41, 5.74) is 0. The van der Waals surface area contributed by atoms with E-state index in [0.29, 0.717) is 6.54 Å². The summed E-state index contributed by atoms with van der Waals surface area (Å²) in [4.78, 5) is 15.9. The third-order valence-corrected chi connectivity index (χ3v) is 3.50. The number of hydrogen-bond donors (Lipinski definition) is 1. The van der Waals surface area contributed by atoms with Crippen molar-refractivity contribution in [1.29, 1.82) is 0 Å². The number of rotatable bonds is 2. The minimum Gasteiger partial charge on any atom is -0.321 e. The van der Waals surface area contributed by atoms with E-state index < -0.39 is 0 Å². The van der Waals surface area contributed by atoms with Crippen LogP contribution in [-0.2, 0) is 4.79 Å². The maximum Gasteiger partial charge on any atom is 0.238 e. The van der Waals surface area contributed by atoms with Crippen molar-refractivity contribution in [1.82, 2.24) is 10.2 Å². The highest BCUT2D eigenvalue weighted by Gasteiger charge is 2.30. The van der Waals surface area contributed by atoms with Gasteiger partial charge < -0.3 is 4.90 Å². The van der Waals surface area contributed by atoms with E-state index in [1.54, 1.807) is 11.3 Å². The van der Waals surface area contributed by atoms with Gasteiger partial charge in [-0.3, -0.25) is 10.1 Å². The lowest BCUT2D eigenvalue weighted by Crippen LogP contribution is -2.29. The molecule has 4 heteroatoms. The summed E-state index contributed by atoms with van der Waals surface area (Å²) in [5, 5.41) is 3.22. The highest BCUT2D eigenvalue weighted by molar-refractivity contribution is 7.12. The normalized spacial score (nSPS) is 22.0. The first kappa shape index (κ1) is 9.68. The molecular weight excluding hydrogens is 196 g/mol. The minimum absolute atomic E-state index is 0.103. The van der Waals surface area contributed by atoms with Crippen molar-refractivity contribution in [3.63, 3.8) is 0 Å². The van der Waals surface area contributed by atoms with Gasteiger partial charge in [-0.05, 0) is 26.0 Å². The van der Waals surface area contributed by atoms with Crippen molar-refractivity contribution in [2.45, 2.75) is 20.0 Å². The lowest BCUT2D eigenvalue weighted by molar-refractivity contribution is -0.127. The average molecular weight is 210 g/mol. The van der Waals surface area contributed by atoms with Crippen molar-refractivity contribution in [3.05, 3.63) is 21.9 Å². The molecule has 1 atom stereocenters. The summed E-state index contributed by atoms with van der Waals surface area (Å²) in [6, 6.07) is 4.19. The zero-order valence-electron chi connectivity index (χ0n) is 8.41. The van der Waals surface area contributed by atoms with E-state index in [4.69, 9.17) is 0 Å². The summed E-state index contributed by atoms with van der Waals surface area (Å²) in [7, 11) is 0. The summed E-state index contributed by atoms with van der Waals surface area (Å²) < 4.78 is 0. The van der Waals surface area contributed by atoms with Gasteiger partial charge in [-0.2, -0.15) is 0 Å². The fraction of sp³-hybridized carbons (Fsp3) is 0.500. The van der Waals surface area contributed by atoms with Gasteiger partial charge >= 0.3 is 0 Å². The van der Waals surface area contributed by atoms with Crippen LogP contribution >= 0.6 is 11.3 Å². The van der Waals surface area contributed by atoms with Gasteiger partial charge in [0.25, 0.3) is 0 Å². The molecule has 1 aromatic rings. The van der Waals surface area contributed by atoms with E-state index >= 15 is 0 Å². The molecule has 1 aromatic heterocycles. The second-order valence-corrected chi connectivity index (χ2v) is 4.73. The third kappa shape index (κ3) is 1.55. The summed E-state index contributed by atoms with van der Waals surface area (Å²) in [5.74, 6) is 0.198. The lowest BCUT2D eigenvalue weighted by atomic mass is 10.3. The highest BCUT2D eigenvalue weighted by atomic mass is 32.1. The van der Waals surface area contributed by atoms with Crippen molar-refractivity contribution in [3.8, 4) is 0 Å². The third-order valence-electron chi connectivity index (χ3n) is 2.45. The number of aryl methyl sites for hydroxylation is 1. The molecule has 76 valence electrons. The quantitative estimate of drug-likeness (QED) is 0.802. The van der Waals surface area contributed by atoms with Gasteiger partial charge in [0.2, 0.25) is 5.91 Å². The average Bonchev–Trinajstić information content (AvgIpc) is 2.71. The first-order valence-electron chi connectivity index (χ1n) is 4.81. The van der Waals surface area contributed by atoms with E-state index in [1.807, 2.05) is 11.8 Å². The van der Waals surface area contributed by atoms with E-state index in [-0.39, 0.29) is 12.1 Å². The Morgan fingerprint density at radius 1 is 1.64 bits per heavy atom. The summed E-state index contributed by atoms with van der Waals surface area (Å²) >= 11 is 1.75. The number of thiophene rings is 1. The van der Waals surface area contributed by atoms with Crippen LogP contribution in [0.3, 0.4) is 0 Å². The Morgan fingerprint density at radius 2 is 2.43 bits per heavy atom. The Hall–Kier alpha value is -0.870. The smallest absolute Gasteiger partial charge is 0.238 e. The molecule has 0 radical (unpaired) electrons. The molecule has 1 aliphatic rings. The van der Waals surface area contributed by atoms with E-state index in [1.165, 1.54) is 9.75 Å². The predicted octanol–water partition coefficient (Wildman–Crippen LogP) is 1.51. The monoisotopic (exact) mass is 210 g/mol. The maximum absolute atomic E-state index is 11.5. The minimum atomic E-state index is 0.103. The first-order valence-corrected chi connectivity index (χ1v) is 5.63. The number of carbonyl (C=O) groups excluding carboxylic acids is 1. The van der Waals surface area contributed by atoms with E-state index in [2.05, 4.69) is 24.4 Å². The molecule has 0 aromatic carbocycles. The van der Waals surface area contributed by atoms with Crippen molar-refractivity contribution < 1.29 is 4.79 Å². The predicted molar refractivity (Wildman–Crippen MR) is 57.2 cm³/mol. The summed E-state index contributed by atoms with van der Waals surface area (Å²) in [6.45, 7) is 5.34. The molecule has 2 heterocycles. The largest absolute Gasteiger partial charge is 0.321 e. The van der Waals surface area contributed by atoms with Crippen LogP contribution in [0.15, 0.2) is 12.1 Å². The molecule has 0 spiro atoms. The molecule has 0 saturated carbocycles. The lowest BCUT2D eigenvalue weighted by Gasteiger charge is -2.21. The molecule has 0 bridgehead atoms. The first-order chi connectivity index (χ1) is 6.72.